The van der Waals surface area contributed by atoms with E-state index in [1.807, 2.05) is 30.9 Å². The highest BCUT2D eigenvalue weighted by Crippen LogP contribution is 2.30. The van der Waals surface area contributed by atoms with Gasteiger partial charge in [0.05, 0.1) is 5.92 Å². The zero-order valence-electron chi connectivity index (χ0n) is 14.3. The first-order valence-corrected chi connectivity index (χ1v) is 8.62. The summed E-state index contributed by atoms with van der Waals surface area (Å²) in [5.74, 6) is 0.755. The maximum Gasteiger partial charge on any atom is 0.228 e. The lowest BCUT2D eigenvalue weighted by molar-refractivity contribution is -0.137. The highest BCUT2D eigenvalue weighted by molar-refractivity contribution is 6.00. The van der Waals surface area contributed by atoms with E-state index in [1.54, 1.807) is 4.90 Å². The Balaban J connectivity index is 1.71. The molecular weight excluding hydrogens is 288 g/mol. The Morgan fingerprint density at radius 3 is 2.52 bits per heavy atom. The molecule has 2 aliphatic rings. The Morgan fingerprint density at radius 2 is 1.87 bits per heavy atom. The van der Waals surface area contributed by atoms with Crippen LogP contribution in [0.2, 0.25) is 0 Å². The minimum atomic E-state index is -0.184. The van der Waals surface area contributed by atoms with E-state index < -0.39 is 0 Å². The number of piperidine rings is 1. The van der Waals surface area contributed by atoms with Gasteiger partial charge in [-0.05, 0) is 44.2 Å². The molecule has 124 valence electrons. The average Bonchev–Trinajstić information content (AvgIpc) is 2.89. The minimum absolute atomic E-state index is 0.0701. The van der Waals surface area contributed by atoms with Crippen LogP contribution in [0.1, 0.15) is 37.3 Å². The lowest BCUT2D eigenvalue weighted by Gasteiger charge is -2.32. The monoisotopic (exact) mass is 314 g/mol. The molecule has 1 aromatic carbocycles. The second-order valence-corrected chi connectivity index (χ2v) is 7.20. The molecule has 0 bridgehead atoms. The number of hydrogen-bond donors (Lipinski definition) is 0. The molecule has 2 saturated heterocycles. The van der Waals surface area contributed by atoms with Gasteiger partial charge >= 0.3 is 0 Å². The molecule has 0 spiro atoms. The van der Waals surface area contributed by atoms with Gasteiger partial charge in [0.25, 0.3) is 0 Å². The van der Waals surface area contributed by atoms with Crippen molar-refractivity contribution in [3.05, 3.63) is 29.3 Å². The number of benzene rings is 1. The molecule has 3 rings (SSSR count). The predicted octanol–water partition coefficient (Wildman–Crippen LogP) is 2.91. The summed E-state index contributed by atoms with van der Waals surface area (Å²) in [4.78, 5) is 28.9. The van der Waals surface area contributed by atoms with Crippen molar-refractivity contribution in [2.45, 2.75) is 40.0 Å². The summed E-state index contributed by atoms with van der Waals surface area (Å²) >= 11 is 0. The summed E-state index contributed by atoms with van der Waals surface area (Å²) in [6.07, 6.45) is 2.50. The second-order valence-electron chi connectivity index (χ2n) is 7.20. The molecule has 0 radical (unpaired) electrons. The average molecular weight is 314 g/mol. The smallest absolute Gasteiger partial charge is 0.228 e. The van der Waals surface area contributed by atoms with Crippen LogP contribution in [0.5, 0.6) is 0 Å². The summed E-state index contributed by atoms with van der Waals surface area (Å²) in [6.45, 7) is 8.52. The standard InChI is InChI=1S/C19H26N2O2/c1-13-6-8-20(9-7-13)19(23)16-11-18(22)21(12-16)17-5-4-14(2)10-15(17)3/h4-5,10,13,16H,6-9,11-12H2,1-3H3/t16-/m0/s1. The van der Waals surface area contributed by atoms with Crippen LogP contribution in [0.15, 0.2) is 18.2 Å². The molecule has 2 aliphatic heterocycles. The normalized spacial score (nSPS) is 22.7. The molecule has 2 fully saturated rings. The summed E-state index contributed by atoms with van der Waals surface area (Å²) in [7, 11) is 0. The summed E-state index contributed by atoms with van der Waals surface area (Å²) in [6, 6.07) is 6.11. The van der Waals surface area contributed by atoms with E-state index in [4.69, 9.17) is 0 Å². The van der Waals surface area contributed by atoms with Crippen LogP contribution < -0.4 is 4.90 Å². The van der Waals surface area contributed by atoms with E-state index in [0.717, 1.165) is 37.2 Å². The molecule has 0 aliphatic carbocycles. The third kappa shape index (κ3) is 3.26. The van der Waals surface area contributed by atoms with E-state index in [9.17, 15) is 9.59 Å². The minimum Gasteiger partial charge on any atom is -0.342 e. The Kier molecular flexibility index (Phi) is 4.42. The molecule has 4 heteroatoms. The molecule has 0 aromatic heterocycles. The molecule has 0 saturated carbocycles. The highest BCUT2D eigenvalue weighted by atomic mass is 16.2. The fraction of sp³-hybridized carbons (Fsp3) is 0.579. The van der Waals surface area contributed by atoms with Crippen LogP contribution in [0, 0.1) is 25.7 Å². The van der Waals surface area contributed by atoms with Crippen LogP contribution in [-0.4, -0.2) is 36.3 Å². The maximum atomic E-state index is 12.7. The largest absolute Gasteiger partial charge is 0.342 e. The van der Waals surface area contributed by atoms with Gasteiger partial charge in [0.2, 0.25) is 11.8 Å². The second kappa shape index (κ2) is 6.34. The summed E-state index contributed by atoms with van der Waals surface area (Å²) in [5.41, 5.74) is 3.23. The van der Waals surface area contributed by atoms with E-state index in [1.165, 1.54) is 5.56 Å². The topological polar surface area (TPSA) is 40.6 Å². The van der Waals surface area contributed by atoms with Gasteiger partial charge in [0, 0.05) is 31.7 Å². The zero-order valence-corrected chi connectivity index (χ0v) is 14.3. The van der Waals surface area contributed by atoms with E-state index in [0.29, 0.717) is 18.9 Å². The van der Waals surface area contributed by atoms with Crippen molar-refractivity contribution in [3.63, 3.8) is 0 Å². The molecular formula is C19H26N2O2. The SMILES string of the molecule is Cc1ccc(N2C[C@@H](C(=O)N3CCC(C)CC3)CC2=O)c(C)c1. The lowest BCUT2D eigenvalue weighted by Crippen LogP contribution is -2.42. The van der Waals surface area contributed by atoms with Crippen molar-refractivity contribution < 1.29 is 9.59 Å². The molecule has 2 heterocycles. The van der Waals surface area contributed by atoms with E-state index in [-0.39, 0.29) is 17.7 Å². The fourth-order valence-corrected chi connectivity index (χ4v) is 3.70. The van der Waals surface area contributed by atoms with Gasteiger partial charge in [-0.2, -0.15) is 0 Å². The van der Waals surface area contributed by atoms with Crippen molar-refractivity contribution in [2.75, 3.05) is 24.5 Å². The van der Waals surface area contributed by atoms with Gasteiger partial charge in [-0.25, -0.2) is 0 Å². The third-order valence-electron chi connectivity index (χ3n) is 5.21. The Morgan fingerprint density at radius 1 is 1.17 bits per heavy atom. The Bertz CT molecular complexity index is 618. The first-order chi connectivity index (χ1) is 11.0. The van der Waals surface area contributed by atoms with Crippen LogP contribution in [0.4, 0.5) is 5.69 Å². The first kappa shape index (κ1) is 16.0. The number of carbonyl (C=O) groups excluding carboxylic acids is 2. The predicted molar refractivity (Wildman–Crippen MR) is 91.4 cm³/mol. The maximum absolute atomic E-state index is 12.7. The zero-order chi connectivity index (χ0) is 16.6. The number of likely N-dealkylation sites (tertiary alicyclic amines) is 1. The van der Waals surface area contributed by atoms with Crippen molar-refractivity contribution in [1.29, 1.82) is 0 Å². The number of carbonyl (C=O) groups is 2. The van der Waals surface area contributed by atoms with Gasteiger partial charge in [-0.3, -0.25) is 9.59 Å². The van der Waals surface area contributed by atoms with Crippen molar-refractivity contribution in [3.8, 4) is 0 Å². The number of hydrogen-bond acceptors (Lipinski definition) is 2. The molecule has 0 unspecified atom stereocenters. The van der Waals surface area contributed by atoms with Gasteiger partial charge in [0.15, 0.2) is 0 Å². The summed E-state index contributed by atoms with van der Waals surface area (Å²) < 4.78 is 0. The molecule has 4 nitrogen and oxygen atoms in total. The van der Waals surface area contributed by atoms with Crippen LogP contribution in [0.25, 0.3) is 0 Å². The number of rotatable bonds is 2. The van der Waals surface area contributed by atoms with Crippen LogP contribution in [0.3, 0.4) is 0 Å². The van der Waals surface area contributed by atoms with Gasteiger partial charge in [-0.1, -0.05) is 24.6 Å². The highest BCUT2D eigenvalue weighted by Gasteiger charge is 2.38. The van der Waals surface area contributed by atoms with Crippen molar-refractivity contribution >= 4 is 17.5 Å². The molecule has 1 atom stereocenters. The number of anilines is 1. The quantitative estimate of drug-likeness (QED) is 0.842. The van der Waals surface area contributed by atoms with Crippen molar-refractivity contribution in [2.24, 2.45) is 11.8 Å². The molecule has 2 amide bonds. The van der Waals surface area contributed by atoms with Crippen LogP contribution in [-0.2, 0) is 9.59 Å². The Hall–Kier alpha value is -1.84. The molecule has 1 aromatic rings. The van der Waals surface area contributed by atoms with E-state index in [2.05, 4.69) is 13.0 Å². The van der Waals surface area contributed by atoms with Gasteiger partial charge in [0.1, 0.15) is 0 Å². The summed E-state index contributed by atoms with van der Waals surface area (Å²) in [5, 5.41) is 0. The lowest BCUT2D eigenvalue weighted by atomic mass is 9.97. The molecule has 23 heavy (non-hydrogen) atoms. The third-order valence-corrected chi connectivity index (χ3v) is 5.21. The number of aryl methyl sites for hydroxylation is 2. The van der Waals surface area contributed by atoms with Crippen molar-refractivity contribution in [1.82, 2.24) is 4.90 Å². The fourth-order valence-electron chi connectivity index (χ4n) is 3.70. The molecule has 0 N–H and O–H groups in total. The Labute approximate surface area is 138 Å². The van der Waals surface area contributed by atoms with Gasteiger partial charge in [-0.15, -0.1) is 0 Å². The number of nitrogens with zero attached hydrogens (tertiary/aromatic N) is 2. The number of amides is 2. The van der Waals surface area contributed by atoms with Crippen LogP contribution >= 0.6 is 0 Å². The van der Waals surface area contributed by atoms with Gasteiger partial charge < -0.3 is 9.80 Å². The first-order valence-electron chi connectivity index (χ1n) is 8.62. The van der Waals surface area contributed by atoms with E-state index >= 15 is 0 Å².